The largest absolute Gasteiger partial charge is 0.447 e. The van der Waals surface area contributed by atoms with E-state index in [9.17, 15) is 4.79 Å². The maximum Gasteiger partial charge on any atom is 0.411 e. The number of carbonyl (C=O) groups is 1. The third-order valence-corrected chi connectivity index (χ3v) is 2.33. The molecule has 0 unspecified atom stereocenters. The SMILES string of the molecule is O=C(Nc1ccccc1)OCCNc1ccccn1. The number of hydrogen-bond donors (Lipinski definition) is 2. The van der Waals surface area contributed by atoms with E-state index in [0.717, 1.165) is 5.82 Å². The maximum atomic E-state index is 11.4. The first kappa shape index (κ1) is 12.9. The van der Waals surface area contributed by atoms with E-state index in [4.69, 9.17) is 4.74 Å². The molecule has 0 saturated heterocycles. The van der Waals surface area contributed by atoms with Crippen LogP contribution in [-0.2, 0) is 4.74 Å². The fourth-order valence-electron chi connectivity index (χ4n) is 1.47. The Kier molecular flexibility index (Phi) is 4.75. The molecule has 0 aliphatic heterocycles. The number of benzene rings is 1. The minimum Gasteiger partial charge on any atom is -0.447 e. The topological polar surface area (TPSA) is 63.2 Å². The van der Waals surface area contributed by atoms with Crippen LogP contribution in [0.4, 0.5) is 16.3 Å². The Labute approximate surface area is 111 Å². The summed E-state index contributed by atoms with van der Waals surface area (Å²) < 4.78 is 5.03. The smallest absolute Gasteiger partial charge is 0.411 e. The van der Waals surface area contributed by atoms with Crippen LogP contribution in [0.15, 0.2) is 54.7 Å². The number of pyridine rings is 1. The van der Waals surface area contributed by atoms with E-state index in [1.54, 1.807) is 18.3 Å². The maximum absolute atomic E-state index is 11.4. The van der Waals surface area contributed by atoms with Gasteiger partial charge >= 0.3 is 6.09 Å². The lowest BCUT2D eigenvalue weighted by atomic mass is 10.3. The van der Waals surface area contributed by atoms with Crippen molar-refractivity contribution in [1.82, 2.24) is 4.98 Å². The van der Waals surface area contributed by atoms with Gasteiger partial charge in [0.2, 0.25) is 0 Å². The fourth-order valence-corrected chi connectivity index (χ4v) is 1.47. The van der Waals surface area contributed by atoms with Crippen LogP contribution in [0.5, 0.6) is 0 Å². The number of rotatable bonds is 5. The van der Waals surface area contributed by atoms with E-state index in [0.29, 0.717) is 12.2 Å². The van der Waals surface area contributed by atoms with Gasteiger partial charge in [-0.1, -0.05) is 24.3 Å². The Hall–Kier alpha value is -2.56. The molecule has 0 spiro atoms. The minimum atomic E-state index is -0.464. The van der Waals surface area contributed by atoms with Gasteiger partial charge in [-0.25, -0.2) is 9.78 Å². The predicted octanol–water partition coefficient (Wildman–Crippen LogP) is 2.74. The Morgan fingerprint density at radius 3 is 2.63 bits per heavy atom. The van der Waals surface area contributed by atoms with Crippen molar-refractivity contribution < 1.29 is 9.53 Å². The first-order chi connectivity index (χ1) is 9.34. The van der Waals surface area contributed by atoms with Gasteiger partial charge in [-0.15, -0.1) is 0 Å². The van der Waals surface area contributed by atoms with E-state index in [1.807, 2.05) is 36.4 Å². The average Bonchev–Trinajstić information content (AvgIpc) is 2.46. The summed E-state index contributed by atoms with van der Waals surface area (Å²) in [5.41, 5.74) is 0.713. The van der Waals surface area contributed by atoms with Crippen molar-refractivity contribution in [3.8, 4) is 0 Å². The zero-order valence-electron chi connectivity index (χ0n) is 10.4. The molecule has 2 aromatic rings. The summed E-state index contributed by atoms with van der Waals surface area (Å²) >= 11 is 0. The van der Waals surface area contributed by atoms with Crippen molar-refractivity contribution in [2.75, 3.05) is 23.8 Å². The van der Waals surface area contributed by atoms with Crippen molar-refractivity contribution in [2.45, 2.75) is 0 Å². The van der Waals surface area contributed by atoms with E-state index >= 15 is 0 Å². The number of aromatic nitrogens is 1. The Bertz CT molecular complexity index is 503. The van der Waals surface area contributed by atoms with Gasteiger partial charge in [-0.05, 0) is 24.3 Å². The third-order valence-electron chi connectivity index (χ3n) is 2.33. The molecule has 2 rings (SSSR count). The minimum absolute atomic E-state index is 0.273. The lowest BCUT2D eigenvalue weighted by molar-refractivity contribution is 0.166. The molecule has 1 aromatic heterocycles. The molecule has 98 valence electrons. The van der Waals surface area contributed by atoms with Gasteiger partial charge in [0.25, 0.3) is 0 Å². The molecule has 1 heterocycles. The number of nitrogens with zero attached hydrogens (tertiary/aromatic N) is 1. The average molecular weight is 257 g/mol. The molecule has 0 aliphatic rings. The number of ether oxygens (including phenoxy) is 1. The number of hydrogen-bond acceptors (Lipinski definition) is 4. The lowest BCUT2D eigenvalue weighted by Crippen LogP contribution is -2.18. The molecular weight excluding hydrogens is 242 g/mol. The number of carbonyl (C=O) groups excluding carboxylic acids is 1. The molecule has 0 bridgehead atoms. The number of para-hydroxylation sites is 1. The fraction of sp³-hybridized carbons (Fsp3) is 0.143. The number of nitrogens with one attached hydrogen (secondary N) is 2. The van der Waals surface area contributed by atoms with E-state index in [1.165, 1.54) is 0 Å². The van der Waals surface area contributed by atoms with Gasteiger partial charge in [-0.3, -0.25) is 5.32 Å². The highest BCUT2D eigenvalue weighted by atomic mass is 16.5. The second kappa shape index (κ2) is 7.00. The van der Waals surface area contributed by atoms with Gasteiger partial charge in [0.1, 0.15) is 12.4 Å². The summed E-state index contributed by atoms with van der Waals surface area (Å²) in [6, 6.07) is 14.8. The Balaban J connectivity index is 1.65. The zero-order valence-corrected chi connectivity index (χ0v) is 10.4. The molecule has 1 amide bonds. The van der Waals surface area contributed by atoms with Crippen molar-refractivity contribution in [3.63, 3.8) is 0 Å². The highest BCUT2D eigenvalue weighted by Crippen LogP contribution is 2.05. The first-order valence-electron chi connectivity index (χ1n) is 5.98. The summed E-state index contributed by atoms with van der Waals surface area (Å²) in [4.78, 5) is 15.5. The molecule has 19 heavy (non-hydrogen) atoms. The standard InChI is InChI=1S/C14H15N3O2/c18-14(17-12-6-2-1-3-7-12)19-11-10-16-13-8-4-5-9-15-13/h1-9H,10-11H2,(H,15,16)(H,17,18). The molecule has 1 aromatic carbocycles. The zero-order chi connectivity index (χ0) is 13.3. The quantitative estimate of drug-likeness (QED) is 0.808. The highest BCUT2D eigenvalue weighted by Gasteiger charge is 2.01. The van der Waals surface area contributed by atoms with Gasteiger partial charge < -0.3 is 10.1 Å². The summed E-state index contributed by atoms with van der Waals surface area (Å²) in [5.74, 6) is 0.759. The van der Waals surface area contributed by atoms with E-state index in [2.05, 4.69) is 15.6 Å². The Morgan fingerprint density at radius 2 is 1.89 bits per heavy atom. The van der Waals surface area contributed by atoms with Gasteiger partial charge in [0, 0.05) is 11.9 Å². The van der Waals surface area contributed by atoms with Crippen molar-refractivity contribution >= 4 is 17.6 Å². The van der Waals surface area contributed by atoms with Crippen molar-refractivity contribution in [1.29, 1.82) is 0 Å². The molecular formula is C14H15N3O2. The lowest BCUT2D eigenvalue weighted by Gasteiger charge is -2.08. The van der Waals surface area contributed by atoms with Crippen LogP contribution in [0, 0.1) is 0 Å². The second-order valence-electron chi connectivity index (χ2n) is 3.77. The summed E-state index contributed by atoms with van der Waals surface area (Å²) in [6.07, 6.45) is 1.24. The Morgan fingerprint density at radius 1 is 1.11 bits per heavy atom. The molecule has 5 heteroatoms. The van der Waals surface area contributed by atoms with Gasteiger partial charge in [0.05, 0.1) is 6.54 Å². The van der Waals surface area contributed by atoms with Crippen LogP contribution in [0.1, 0.15) is 0 Å². The number of amides is 1. The highest BCUT2D eigenvalue weighted by molar-refractivity contribution is 5.84. The summed E-state index contributed by atoms with van der Waals surface area (Å²) in [6.45, 7) is 0.786. The second-order valence-corrected chi connectivity index (χ2v) is 3.77. The van der Waals surface area contributed by atoms with Crippen molar-refractivity contribution in [3.05, 3.63) is 54.7 Å². The monoisotopic (exact) mass is 257 g/mol. The predicted molar refractivity (Wildman–Crippen MR) is 74.1 cm³/mol. The van der Waals surface area contributed by atoms with Gasteiger partial charge in [0.15, 0.2) is 0 Å². The molecule has 0 radical (unpaired) electrons. The van der Waals surface area contributed by atoms with E-state index in [-0.39, 0.29) is 6.61 Å². The van der Waals surface area contributed by atoms with Crippen LogP contribution < -0.4 is 10.6 Å². The van der Waals surface area contributed by atoms with Gasteiger partial charge in [-0.2, -0.15) is 0 Å². The van der Waals surface area contributed by atoms with E-state index < -0.39 is 6.09 Å². The summed E-state index contributed by atoms with van der Waals surface area (Å²) in [5, 5.41) is 5.68. The normalized spacial score (nSPS) is 9.68. The molecule has 2 N–H and O–H groups in total. The van der Waals surface area contributed by atoms with Crippen LogP contribution in [-0.4, -0.2) is 24.2 Å². The summed E-state index contributed by atoms with van der Waals surface area (Å²) in [7, 11) is 0. The number of anilines is 2. The van der Waals surface area contributed by atoms with Crippen molar-refractivity contribution in [2.24, 2.45) is 0 Å². The third kappa shape index (κ3) is 4.67. The molecule has 5 nitrogen and oxygen atoms in total. The molecule has 0 atom stereocenters. The van der Waals surface area contributed by atoms with Crippen LogP contribution >= 0.6 is 0 Å². The molecule has 0 aliphatic carbocycles. The van der Waals surface area contributed by atoms with Crippen LogP contribution in [0.25, 0.3) is 0 Å². The van der Waals surface area contributed by atoms with Crippen LogP contribution in [0.3, 0.4) is 0 Å². The van der Waals surface area contributed by atoms with Crippen LogP contribution in [0.2, 0.25) is 0 Å². The molecule has 0 fully saturated rings. The molecule has 0 saturated carbocycles. The first-order valence-corrected chi connectivity index (χ1v) is 5.98.